The molecule has 22 heavy (non-hydrogen) atoms. The zero-order valence-corrected chi connectivity index (χ0v) is 13.6. The fraction of sp³-hybridized carbons (Fsp3) is 0.467. The maximum absolute atomic E-state index is 12.6. The van der Waals surface area contributed by atoms with E-state index in [2.05, 4.69) is 0 Å². The summed E-state index contributed by atoms with van der Waals surface area (Å²) < 4.78 is 23.3. The molecule has 7 heteroatoms. The Balaban J connectivity index is 2.33. The summed E-state index contributed by atoms with van der Waals surface area (Å²) in [5.41, 5.74) is 0.977. The predicted molar refractivity (Wildman–Crippen MR) is 80.5 cm³/mol. The van der Waals surface area contributed by atoms with Crippen molar-refractivity contribution in [3.8, 4) is 0 Å². The van der Waals surface area contributed by atoms with E-state index in [1.165, 1.54) is 17.0 Å². The Morgan fingerprint density at radius 1 is 1.27 bits per heavy atom. The number of likely N-dealkylation sites (tertiary alicyclic amines) is 1. The Labute approximate surface area is 129 Å². The Bertz CT molecular complexity index is 725. The summed E-state index contributed by atoms with van der Waals surface area (Å²) in [5.74, 6) is -1.94. The summed E-state index contributed by atoms with van der Waals surface area (Å²) >= 11 is 0. The van der Waals surface area contributed by atoms with Gasteiger partial charge < -0.3 is 10.0 Å². The molecule has 0 aromatic heterocycles. The third-order valence-corrected chi connectivity index (χ3v) is 5.19. The van der Waals surface area contributed by atoms with Crippen molar-refractivity contribution in [3.63, 3.8) is 0 Å². The number of hydrogen-bond acceptors (Lipinski definition) is 4. The number of carbonyl (C=O) groups is 2. The summed E-state index contributed by atoms with van der Waals surface area (Å²) in [7, 11) is -3.40. The Morgan fingerprint density at radius 2 is 1.91 bits per heavy atom. The van der Waals surface area contributed by atoms with E-state index in [-0.39, 0.29) is 23.3 Å². The molecular formula is C15H19NO5S. The molecule has 0 spiro atoms. The van der Waals surface area contributed by atoms with Crippen LogP contribution < -0.4 is 0 Å². The Kier molecular flexibility index (Phi) is 4.28. The van der Waals surface area contributed by atoms with Crippen LogP contribution in [0.1, 0.15) is 22.8 Å². The van der Waals surface area contributed by atoms with Crippen LogP contribution in [0.4, 0.5) is 0 Å². The standard InChI is InChI=1S/C15H19NO5S/c1-9-4-5-11(22(3,20)21)6-12(9)14(17)16-7-10(2)13(8-16)15(18)19/h4-6,10,13H,7-8H2,1-3H3,(H,18,19)/t10-,13-/m1/s1. The van der Waals surface area contributed by atoms with Gasteiger partial charge in [-0.1, -0.05) is 13.0 Å². The van der Waals surface area contributed by atoms with E-state index in [1.54, 1.807) is 19.9 Å². The lowest BCUT2D eigenvalue weighted by atomic mass is 9.99. The van der Waals surface area contributed by atoms with Crippen LogP contribution in [0.3, 0.4) is 0 Å². The van der Waals surface area contributed by atoms with Crippen LogP contribution in [-0.4, -0.2) is 49.6 Å². The van der Waals surface area contributed by atoms with E-state index in [1.807, 2.05) is 0 Å². The summed E-state index contributed by atoms with van der Waals surface area (Å²) in [5, 5.41) is 9.14. The molecule has 0 aliphatic carbocycles. The number of hydrogen-bond donors (Lipinski definition) is 1. The number of carbonyl (C=O) groups excluding carboxylic acids is 1. The maximum atomic E-state index is 12.6. The van der Waals surface area contributed by atoms with Crippen molar-refractivity contribution in [2.75, 3.05) is 19.3 Å². The first-order valence-corrected chi connectivity index (χ1v) is 8.83. The summed E-state index contributed by atoms with van der Waals surface area (Å²) in [4.78, 5) is 25.3. The van der Waals surface area contributed by atoms with Gasteiger partial charge in [-0.3, -0.25) is 9.59 Å². The number of carboxylic acids is 1. The van der Waals surface area contributed by atoms with Gasteiger partial charge >= 0.3 is 5.97 Å². The van der Waals surface area contributed by atoms with Gasteiger partial charge in [0.2, 0.25) is 0 Å². The van der Waals surface area contributed by atoms with Crippen molar-refractivity contribution in [1.29, 1.82) is 0 Å². The van der Waals surface area contributed by atoms with E-state index in [0.717, 1.165) is 6.26 Å². The highest BCUT2D eigenvalue weighted by molar-refractivity contribution is 7.90. The molecule has 1 aliphatic rings. The quantitative estimate of drug-likeness (QED) is 0.901. The van der Waals surface area contributed by atoms with Gasteiger partial charge in [-0.25, -0.2) is 8.42 Å². The van der Waals surface area contributed by atoms with Crippen LogP contribution in [0.2, 0.25) is 0 Å². The fourth-order valence-electron chi connectivity index (χ4n) is 2.69. The molecule has 1 heterocycles. The molecule has 2 atom stereocenters. The van der Waals surface area contributed by atoms with Gasteiger partial charge in [0.25, 0.3) is 5.91 Å². The van der Waals surface area contributed by atoms with E-state index >= 15 is 0 Å². The van der Waals surface area contributed by atoms with Crippen molar-refractivity contribution < 1.29 is 23.1 Å². The molecule has 1 N–H and O–H groups in total. The zero-order valence-electron chi connectivity index (χ0n) is 12.7. The van der Waals surface area contributed by atoms with Gasteiger partial charge in [0, 0.05) is 24.9 Å². The average molecular weight is 325 g/mol. The molecule has 120 valence electrons. The van der Waals surface area contributed by atoms with Crippen molar-refractivity contribution in [2.24, 2.45) is 11.8 Å². The molecular weight excluding hydrogens is 306 g/mol. The molecule has 1 saturated heterocycles. The molecule has 0 bridgehead atoms. The second-order valence-electron chi connectivity index (χ2n) is 5.88. The first kappa shape index (κ1) is 16.5. The second-order valence-corrected chi connectivity index (χ2v) is 7.90. The van der Waals surface area contributed by atoms with Gasteiger partial charge in [-0.15, -0.1) is 0 Å². The molecule has 1 fully saturated rings. The number of nitrogens with zero attached hydrogens (tertiary/aromatic N) is 1. The lowest BCUT2D eigenvalue weighted by molar-refractivity contribution is -0.142. The zero-order chi connectivity index (χ0) is 16.7. The van der Waals surface area contributed by atoms with E-state index in [4.69, 9.17) is 5.11 Å². The Hall–Kier alpha value is -1.89. The van der Waals surface area contributed by atoms with Crippen LogP contribution in [0, 0.1) is 18.8 Å². The number of aryl methyl sites for hydroxylation is 1. The number of amides is 1. The minimum absolute atomic E-state index is 0.0866. The summed E-state index contributed by atoms with van der Waals surface area (Å²) in [6.07, 6.45) is 1.09. The van der Waals surface area contributed by atoms with Gasteiger partial charge in [0.05, 0.1) is 10.8 Å². The van der Waals surface area contributed by atoms with E-state index in [0.29, 0.717) is 17.7 Å². The molecule has 1 aliphatic heterocycles. The van der Waals surface area contributed by atoms with Crippen molar-refractivity contribution >= 4 is 21.7 Å². The molecule has 0 unspecified atom stereocenters. The van der Waals surface area contributed by atoms with Crippen LogP contribution >= 0.6 is 0 Å². The highest BCUT2D eigenvalue weighted by Crippen LogP contribution is 2.26. The minimum atomic E-state index is -3.40. The molecule has 6 nitrogen and oxygen atoms in total. The van der Waals surface area contributed by atoms with Gasteiger partial charge in [-0.2, -0.15) is 0 Å². The van der Waals surface area contributed by atoms with E-state index < -0.39 is 21.7 Å². The average Bonchev–Trinajstić information content (AvgIpc) is 2.79. The van der Waals surface area contributed by atoms with Crippen LogP contribution in [-0.2, 0) is 14.6 Å². The lowest BCUT2D eigenvalue weighted by Crippen LogP contribution is -2.30. The number of carboxylic acid groups (broad SMARTS) is 1. The van der Waals surface area contributed by atoms with Crippen LogP contribution in [0.25, 0.3) is 0 Å². The Morgan fingerprint density at radius 3 is 2.41 bits per heavy atom. The number of benzene rings is 1. The minimum Gasteiger partial charge on any atom is -0.481 e. The largest absolute Gasteiger partial charge is 0.481 e. The maximum Gasteiger partial charge on any atom is 0.308 e. The first-order valence-electron chi connectivity index (χ1n) is 6.94. The molecule has 0 radical (unpaired) electrons. The van der Waals surface area contributed by atoms with Crippen molar-refractivity contribution in [1.82, 2.24) is 4.90 Å². The lowest BCUT2D eigenvalue weighted by Gasteiger charge is -2.18. The topological polar surface area (TPSA) is 91.8 Å². The molecule has 1 amide bonds. The monoisotopic (exact) mass is 325 g/mol. The van der Waals surface area contributed by atoms with Crippen molar-refractivity contribution in [2.45, 2.75) is 18.7 Å². The number of aliphatic carboxylic acids is 1. The molecule has 1 aromatic rings. The highest BCUT2D eigenvalue weighted by Gasteiger charge is 2.37. The van der Waals surface area contributed by atoms with Gasteiger partial charge in [0.1, 0.15) is 0 Å². The summed E-state index contributed by atoms with van der Waals surface area (Å²) in [6.45, 7) is 4.04. The molecule has 2 rings (SSSR count). The first-order chi connectivity index (χ1) is 10.1. The SMILES string of the molecule is Cc1ccc(S(C)(=O)=O)cc1C(=O)N1C[C@@H](C)[C@H](C(=O)O)C1. The number of rotatable bonds is 3. The third kappa shape index (κ3) is 3.14. The van der Waals surface area contributed by atoms with Gasteiger partial charge in [0.15, 0.2) is 9.84 Å². The fourth-order valence-corrected chi connectivity index (χ4v) is 3.33. The van der Waals surface area contributed by atoms with Crippen molar-refractivity contribution in [3.05, 3.63) is 29.3 Å². The predicted octanol–water partition coefficient (Wildman–Crippen LogP) is 1.19. The van der Waals surface area contributed by atoms with Crippen LogP contribution in [0.15, 0.2) is 23.1 Å². The second kappa shape index (κ2) is 5.72. The highest BCUT2D eigenvalue weighted by atomic mass is 32.2. The smallest absolute Gasteiger partial charge is 0.308 e. The normalized spacial score (nSPS) is 21.9. The molecule has 1 aromatic carbocycles. The molecule has 0 saturated carbocycles. The van der Waals surface area contributed by atoms with Crippen LogP contribution in [0.5, 0.6) is 0 Å². The van der Waals surface area contributed by atoms with Gasteiger partial charge in [-0.05, 0) is 30.5 Å². The number of sulfone groups is 1. The third-order valence-electron chi connectivity index (χ3n) is 4.08. The summed E-state index contributed by atoms with van der Waals surface area (Å²) in [6, 6.07) is 4.43. The van der Waals surface area contributed by atoms with E-state index in [9.17, 15) is 18.0 Å².